The summed E-state index contributed by atoms with van der Waals surface area (Å²) in [6.07, 6.45) is 5.63. The quantitative estimate of drug-likeness (QED) is 0.850. The lowest BCUT2D eigenvalue weighted by molar-refractivity contribution is -0.134. The number of carbonyl (C=O) groups excluding carboxylic acids is 1. The van der Waals surface area contributed by atoms with E-state index in [9.17, 15) is 9.18 Å². The van der Waals surface area contributed by atoms with Gasteiger partial charge in [0.05, 0.1) is 0 Å². The van der Waals surface area contributed by atoms with Crippen molar-refractivity contribution in [1.82, 2.24) is 14.7 Å². The van der Waals surface area contributed by atoms with Gasteiger partial charge in [0.2, 0.25) is 0 Å². The highest BCUT2D eigenvalue weighted by Gasteiger charge is 2.23. The van der Waals surface area contributed by atoms with Gasteiger partial charge in [0.25, 0.3) is 5.91 Å². The van der Waals surface area contributed by atoms with Gasteiger partial charge in [-0.25, -0.2) is 4.39 Å². The molecule has 1 aliphatic heterocycles. The van der Waals surface area contributed by atoms with E-state index in [1.165, 1.54) is 12.1 Å². The molecule has 6 heteroatoms. The van der Waals surface area contributed by atoms with Crippen LogP contribution in [-0.2, 0) is 11.3 Å². The highest BCUT2D eigenvalue weighted by Crippen LogP contribution is 2.20. The van der Waals surface area contributed by atoms with E-state index < -0.39 is 5.82 Å². The minimum atomic E-state index is -0.446. The molecule has 0 bridgehead atoms. The molecule has 5 nitrogen and oxygen atoms in total. The smallest absolute Gasteiger partial charge is 0.260 e. The molecule has 3 rings (SSSR count). The van der Waals surface area contributed by atoms with E-state index in [-0.39, 0.29) is 18.3 Å². The van der Waals surface area contributed by atoms with Gasteiger partial charge >= 0.3 is 0 Å². The first kappa shape index (κ1) is 15.5. The average molecular weight is 317 g/mol. The van der Waals surface area contributed by atoms with E-state index in [1.807, 2.05) is 16.9 Å². The van der Waals surface area contributed by atoms with Crippen molar-refractivity contribution < 1.29 is 13.9 Å². The summed E-state index contributed by atoms with van der Waals surface area (Å²) in [4.78, 5) is 14.0. The fourth-order valence-electron chi connectivity index (χ4n) is 2.83. The van der Waals surface area contributed by atoms with Crippen molar-refractivity contribution in [1.29, 1.82) is 0 Å². The maximum atomic E-state index is 13.5. The van der Waals surface area contributed by atoms with Crippen LogP contribution in [0.3, 0.4) is 0 Å². The Morgan fingerprint density at radius 1 is 1.26 bits per heavy atom. The van der Waals surface area contributed by atoms with Crippen LogP contribution in [0.2, 0.25) is 0 Å². The van der Waals surface area contributed by atoms with Crippen LogP contribution in [0.15, 0.2) is 42.7 Å². The summed E-state index contributed by atoms with van der Waals surface area (Å²) < 4.78 is 20.7. The molecule has 0 unspecified atom stereocenters. The van der Waals surface area contributed by atoms with Gasteiger partial charge < -0.3 is 9.64 Å². The van der Waals surface area contributed by atoms with Gasteiger partial charge in [-0.15, -0.1) is 0 Å². The van der Waals surface area contributed by atoms with Crippen molar-refractivity contribution in [2.24, 2.45) is 5.92 Å². The zero-order valence-electron chi connectivity index (χ0n) is 12.9. The van der Waals surface area contributed by atoms with Gasteiger partial charge in [0, 0.05) is 32.0 Å². The highest BCUT2D eigenvalue weighted by atomic mass is 19.1. The van der Waals surface area contributed by atoms with Crippen molar-refractivity contribution in [3.63, 3.8) is 0 Å². The first-order valence-corrected chi connectivity index (χ1v) is 7.85. The van der Waals surface area contributed by atoms with Gasteiger partial charge in [-0.3, -0.25) is 9.48 Å². The number of hydrogen-bond acceptors (Lipinski definition) is 3. The summed E-state index contributed by atoms with van der Waals surface area (Å²) in [5, 5.41) is 4.22. The lowest BCUT2D eigenvalue weighted by atomic mass is 9.97. The van der Waals surface area contributed by atoms with Crippen molar-refractivity contribution in [3.8, 4) is 5.75 Å². The Bertz CT molecular complexity index is 637. The lowest BCUT2D eigenvalue weighted by Crippen LogP contribution is -2.41. The van der Waals surface area contributed by atoms with Crippen molar-refractivity contribution in [2.75, 3.05) is 19.7 Å². The number of amides is 1. The Kier molecular flexibility index (Phi) is 4.90. The van der Waals surface area contributed by atoms with Crippen LogP contribution in [0.5, 0.6) is 5.75 Å². The van der Waals surface area contributed by atoms with E-state index >= 15 is 0 Å². The van der Waals surface area contributed by atoms with Crippen LogP contribution in [0.4, 0.5) is 4.39 Å². The lowest BCUT2D eigenvalue weighted by Gasteiger charge is -2.31. The van der Waals surface area contributed by atoms with E-state index in [4.69, 9.17) is 4.74 Å². The molecule has 2 aromatic rings. The molecule has 0 spiro atoms. The fourth-order valence-corrected chi connectivity index (χ4v) is 2.83. The standard InChI is InChI=1S/C17H20FN3O2/c18-15-4-1-2-5-16(15)23-13-17(22)20-10-6-14(7-11-20)12-21-9-3-8-19-21/h1-5,8-9,14H,6-7,10-13H2. The molecule has 122 valence electrons. The molecule has 1 fully saturated rings. The molecule has 0 aliphatic carbocycles. The van der Waals surface area contributed by atoms with E-state index in [2.05, 4.69) is 5.10 Å². The van der Waals surface area contributed by atoms with Gasteiger partial charge in [-0.2, -0.15) is 5.10 Å². The SMILES string of the molecule is O=C(COc1ccccc1F)N1CCC(Cn2cccn2)CC1. The largest absolute Gasteiger partial charge is 0.481 e. The van der Waals surface area contributed by atoms with Crippen molar-refractivity contribution in [3.05, 3.63) is 48.5 Å². The predicted octanol–water partition coefficient (Wildman–Crippen LogP) is 2.34. The van der Waals surface area contributed by atoms with Gasteiger partial charge in [0.15, 0.2) is 18.2 Å². The monoisotopic (exact) mass is 317 g/mol. The molecule has 0 N–H and O–H groups in total. The molecule has 2 heterocycles. The predicted molar refractivity (Wildman–Crippen MR) is 83.4 cm³/mol. The van der Waals surface area contributed by atoms with Crippen LogP contribution in [0.1, 0.15) is 12.8 Å². The molecule has 1 aliphatic rings. The third-order valence-corrected chi connectivity index (χ3v) is 4.16. The van der Waals surface area contributed by atoms with Crippen LogP contribution in [-0.4, -0.2) is 40.3 Å². The van der Waals surface area contributed by atoms with E-state index in [0.29, 0.717) is 19.0 Å². The molecular formula is C17H20FN3O2. The normalized spacial score (nSPS) is 15.6. The fraction of sp³-hybridized carbons (Fsp3) is 0.412. The number of carbonyl (C=O) groups is 1. The first-order chi connectivity index (χ1) is 11.2. The number of para-hydroxylation sites is 1. The number of halogens is 1. The molecule has 1 aromatic heterocycles. The number of aromatic nitrogens is 2. The number of rotatable bonds is 5. The van der Waals surface area contributed by atoms with Crippen molar-refractivity contribution in [2.45, 2.75) is 19.4 Å². The zero-order valence-corrected chi connectivity index (χ0v) is 12.9. The third kappa shape index (κ3) is 4.09. The maximum Gasteiger partial charge on any atom is 0.260 e. The Morgan fingerprint density at radius 3 is 2.74 bits per heavy atom. The number of piperidine rings is 1. The molecule has 0 atom stereocenters. The van der Waals surface area contributed by atoms with Crippen LogP contribution in [0, 0.1) is 11.7 Å². The highest BCUT2D eigenvalue weighted by molar-refractivity contribution is 5.77. The van der Waals surface area contributed by atoms with Gasteiger partial charge in [-0.05, 0) is 37.0 Å². The summed E-state index contributed by atoms with van der Waals surface area (Å²) >= 11 is 0. The molecule has 1 aromatic carbocycles. The molecular weight excluding hydrogens is 297 g/mol. The minimum Gasteiger partial charge on any atom is -0.481 e. The molecule has 0 saturated carbocycles. The number of likely N-dealkylation sites (tertiary alicyclic amines) is 1. The Hall–Kier alpha value is -2.37. The molecule has 1 saturated heterocycles. The third-order valence-electron chi connectivity index (χ3n) is 4.16. The topological polar surface area (TPSA) is 47.4 Å². The summed E-state index contributed by atoms with van der Waals surface area (Å²) in [5.41, 5.74) is 0. The zero-order chi connectivity index (χ0) is 16.1. The summed E-state index contributed by atoms with van der Waals surface area (Å²) in [6, 6.07) is 8.04. The second kappa shape index (κ2) is 7.26. The van der Waals surface area contributed by atoms with Crippen LogP contribution < -0.4 is 4.74 Å². The number of hydrogen-bond donors (Lipinski definition) is 0. The minimum absolute atomic E-state index is 0.0919. The average Bonchev–Trinajstić information content (AvgIpc) is 3.07. The van der Waals surface area contributed by atoms with E-state index in [1.54, 1.807) is 23.2 Å². The first-order valence-electron chi connectivity index (χ1n) is 7.85. The van der Waals surface area contributed by atoms with Gasteiger partial charge in [-0.1, -0.05) is 12.1 Å². The van der Waals surface area contributed by atoms with Crippen LogP contribution in [0.25, 0.3) is 0 Å². The molecule has 0 radical (unpaired) electrons. The number of ether oxygens (including phenoxy) is 1. The molecule has 23 heavy (non-hydrogen) atoms. The van der Waals surface area contributed by atoms with Crippen LogP contribution >= 0.6 is 0 Å². The molecule has 1 amide bonds. The van der Waals surface area contributed by atoms with Crippen molar-refractivity contribution >= 4 is 5.91 Å². The Balaban J connectivity index is 1.44. The Morgan fingerprint density at radius 2 is 2.04 bits per heavy atom. The Labute approximate surface area is 134 Å². The maximum absolute atomic E-state index is 13.5. The summed E-state index contributed by atoms with van der Waals surface area (Å²) in [6.45, 7) is 2.20. The van der Waals surface area contributed by atoms with E-state index in [0.717, 1.165) is 19.4 Å². The number of benzene rings is 1. The second-order valence-corrected chi connectivity index (χ2v) is 5.77. The summed E-state index contributed by atoms with van der Waals surface area (Å²) in [7, 11) is 0. The number of nitrogens with zero attached hydrogens (tertiary/aromatic N) is 3. The van der Waals surface area contributed by atoms with Gasteiger partial charge in [0.1, 0.15) is 0 Å². The summed E-state index contributed by atoms with van der Waals surface area (Å²) in [5.74, 6) is 0.116. The second-order valence-electron chi connectivity index (χ2n) is 5.77.